The van der Waals surface area contributed by atoms with Crippen LogP contribution >= 0.6 is 0 Å². The van der Waals surface area contributed by atoms with Crippen molar-refractivity contribution >= 4 is 27.6 Å². The Morgan fingerprint density at radius 2 is 2.12 bits per heavy atom. The lowest BCUT2D eigenvalue weighted by atomic mass is 9.98. The van der Waals surface area contributed by atoms with Crippen molar-refractivity contribution in [3.05, 3.63) is 29.8 Å². The van der Waals surface area contributed by atoms with Gasteiger partial charge in [-0.3, -0.25) is 4.79 Å². The summed E-state index contributed by atoms with van der Waals surface area (Å²) in [5.41, 5.74) is 0.845. The van der Waals surface area contributed by atoms with Gasteiger partial charge in [0.05, 0.1) is 24.3 Å². The van der Waals surface area contributed by atoms with Gasteiger partial charge in [-0.2, -0.15) is 0 Å². The molecule has 1 atom stereocenters. The molecule has 24 heavy (non-hydrogen) atoms. The van der Waals surface area contributed by atoms with Crippen molar-refractivity contribution in [1.82, 2.24) is 4.31 Å². The number of nitrogens with one attached hydrogen (secondary N) is 1. The van der Waals surface area contributed by atoms with Crippen molar-refractivity contribution in [2.24, 2.45) is 5.92 Å². The maximum absolute atomic E-state index is 12.4. The standard InChI is InChI=1S/C16H22N2O5S/c1-3-23-16(20)12-6-4-8-14(10-12)17-15(19)13-7-5-9-18(11-13)24(2,21)22/h4,6,8,10,13H,3,5,7,9,11H2,1-2H3,(H,17,19). The summed E-state index contributed by atoms with van der Waals surface area (Å²) in [6.45, 7) is 2.63. The Hall–Kier alpha value is -1.93. The highest BCUT2D eigenvalue weighted by atomic mass is 32.2. The number of sulfonamides is 1. The fraction of sp³-hybridized carbons (Fsp3) is 0.500. The first-order valence-corrected chi connectivity index (χ1v) is 9.69. The van der Waals surface area contributed by atoms with Crippen LogP contribution in [0, 0.1) is 5.92 Å². The molecule has 8 heteroatoms. The summed E-state index contributed by atoms with van der Waals surface area (Å²) in [4.78, 5) is 24.1. The predicted molar refractivity (Wildman–Crippen MR) is 90.2 cm³/mol. The van der Waals surface area contributed by atoms with Crippen LogP contribution in [0.5, 0.6) is 0 Å². The lowest BCUT2D eigenvalue weighted by Gasteiger charge is -2.30. The highest BCUT2D eigenvalue weighted by Crippen LogP contribution is 2.21. The molecule has 1 unspecified atom stereocenters. The summed E-state index contributed by atoms with van der Waals surface area (Å²) in [6, 6.07) is 6.50. The number of hydrogen-bond donors (Lipinski definition) is 1. The first-order valence-electron chi connectivity index (χ1n) is 7.84. The topological polar surface area (TPSA) is 92.8 Å². The maximum atomic E-state index is 12.4. The van der Waals surface area contributed by atoms with Crippen LogP contribution in [0.3, 0.4) is 0 Å². The van der Waals surface area contributed by atoms with E-state index in [4.69, 9.17) is 4.74 Å². The van der Waals surface area contributed by atoms with Crippen molar-refractivity contribution in [1.29, 1.82) is 0 Å². The molecule has 1 N–H and O–H groups in total. The van der Waals surface area contributed by atoms with E-state index in [0.29, 0.717) is 30.6 Å². The molecular formula is C16H22N2O5S. The molecule has 0 aromatic heterocycles. The number of rotatable bonds is 5. The molecule has 1 amide bonds. The van der Waals surface area contributed by atoms with E-state index in [9.17, 15) is 18.0 Å². The van der Waals surface area contributed by atoms with Crippen LogP contribution in [0.25, 0.3) is 0 Å². The minimum Gasteiger partial charge on any atom is -0.462 e. The highest BCUT2D eigenvalue weighted by Gasteiger charge is 2.30. The minimum absolute atomic E-state index is 0.183. The lowest BCUT2D eigenvalue weighted by Crippen LogP contribution is -2.43. The molecule has 1 aromatic rings. The Balaban J connectivity index is 2.04. The third-order valence-electron chi connectivity index (χ3n) is 3.87. The molecule has 1 aromatic carbocycles. The summed E-state index contributed by atoms with van der Waals surface area (Å²) >= 11 is 0. The molecule has 2 rings (SSSR count). The second-order valence-corrected chi connectivity index (χ2v) is 7.73. The number of amides is 1. The van der Waals surface area contributed by atoms with E-state index < -0.39 is 21.9 Å². The molecule has 1 saturated heterocycles. The number of piperidine rings is 1. The average Bonchev–Trinajstić information content (AvgIpc) is 2.54. The van der Waals surface area contributed by atoms with E-state index in [0.717, 1.165) is 6.26 Å². The van der Waals surface area contributed by atoms with E-state index in [1.165, 1.54) is 4.31 Å². The second-order valence-electron chi connectivity index (χ2n) is 5.75. The smallest absolute Gasteiger partial charge is 0.338 e. The van der Waals surface area contributed by atoms with Crippen LogP contribution in [-0.2, 0) is 19.6 Å². The zero-order valence-corrected chi connectivity index (χ0v) is 14.6. The SMILES string of the molecule is CCOC(=O)c1cccc(NC(=O)C2CCCN(S(C)(=O)=O)C2)c1. The van der Waals surface area contributed by atoms with Crippen LogP contribution in [0.1, 0.15) is 30.1 Å². The molecule has 0 spiro atoms. The predicted octanol–water partition coefficient (Wildman–Crippen LogP) is 1.47. The number of carbonyl (C=O) groups is 2. The van der Waals surface area contributed by atoms with Gasteiger partial charge in [-0.05, 0) is 38.0 Å². The Morgan fingerprint density at radius 1 is 1.38 bits per heavy atom. The number of ether oxygens (including phenoxy) is 1. The Morgan fingerprint density at radius 3 is 2.79 bits per heavy atom. The number of carbonyl (C=O) groups excluding carboxylic acids is 2. The molecule has 0 aliphatic carbocycles. The fourth-order valence-corrected chi connectivity index (χ4v) is 3.55. The van der Waals surface area contributed by atoms with E-state index in [-0.39, 0.29) is 19.1 Å². The summed E-state index contributed by atoms with van der Waals surface area (Å²) in [5, 5.41) is 2.75. The van der Waals surface area contributed by atoms with E-state index >= 15 is 0 Å². The van der Waals surface area contributed by atoms with Crippen LogP contribution in [0.2, 0.25) is 0 Å². The first-order chi connectivity index (χ1) is 11.3. The van der Waals surface area contributed by atoms with Gasteiger partial charge in [-0.25, -0.2) is 17.5 Å². The fourth-order valence-electron chi connectivity index (χ4n) is 2.64. The summed E-state index contributed by atoms with van der Waals surface area (Å²) < 4.78 is 29.5. The van der Waals surface area contributed by atoms with Gasteiger partial charge in [0.2, 0.25) is 15.9 Å². The number of esters is 1. The summed E-state index contributed by atoms with van der Waals surface area (Å²) in [6.07, 6.45) is 2.43. The Kier molecular flexibility index (Phi) is 5.95. The largest absolute Gasteiger partial charge is 0.462 e. The number of nitrogens with zero attached hydrogens (tertiary/aromatic N) is 1. The van der Waals surface area contributed by atoms with Crippen molar-refractivity contribution < 1.29 is 22.7 Å². The van der Waals surface area contributed by atoms with Crippen molar-refractivity contribution in [3.8, 4) is 0 Å². The molecule has 132 valence electrons. The average molecular weight is 354 g/mol. The molecule has 0 bridgehead atoms. The molecule has 1 heterocycles. The van der Waals surface area contributed by atoms with Gasteiger partial charge < -0.3 is 10.1 Å². The number of benzene rings is 1. The summed E-state index contributed by atoms with van der Waals surface area (Å²) in [7, 11) is -3.30. The molecule has 0 saturated carbocycles. The van der Waals surface area contributed by atoms with Gasteiger partial charge >= 0.3 is 5.97 Å². The lowest BCUT2D eigenvalue weighted by molar-refractivity contribution is -0.120. The van der Waals surface area contributed by atoms with Gasteiger partial charge in [0.1, 0.15) is 0 Å². The Bertz CT molecular complexity index is 717. The van der Waals surface area contributed by atoms with Crippen LogP contribution < -0.4 is 5.32 Å². The Labute approximate surface area is 142 Å². The monoisotopic (exact) mass is 354 g/mol. The minimum atomic E-state index is -3.30. The number of hydrogen-bond acceptors (Lipinski definition) is 5. The third kappa shape index (κ3) is 4.78. The van der Waals surface area contributed by atoms with Gasteiger partial charge in [0.15, 0.2) is 0 Å². The van der Waals surface area contributed by atoms with Crippen LogP contribution in [-0.4, -0.2) is 50.6 Å². The van der Waals surface area contributed by atoms with Gasteiger partial charge in [-0.1, -0.05) is 6.07 Å². The molecule has 1 fully saturated rings. The maximum Gasteiger partial charge on any atom is 0.338 e. The van der Waals surface area contributed by atoms with E-state index in [2.05, 4.69) is 5.32 Å². The normalized spacial score (nSPS) is 18.8. The second kappa shape index (κ2) is 7.76. The van der Waals surface area contributed by atoms with Gasteiger partial charge in [0.25, 0.3) is 0 Å². The molecular weight excluding hydrogens is 332 g/mol. The van der Waals surface area contributed by atoms with Crippen molar-refractivity contribution in [3.63, 3.8) is 0 Å². The molecule has 7 nitrogen and oxygen atoms in total. The van der Waals surface area contributed by atoms with E-state index in [1.54, 1.807) is 31.2 Å². The zero-order chi connectivity index (χ0) is 17.7. The van der Waals surface area contributed by atoms with Gasteiger partial charge in [0, 0.05) is 18.8 Å². The summed E-state index contributed by atoms with van der Waals surface area (Å²) in [5.74, 6) is -1.10. The molecule has 0 radical (unpaired) electrons. The van der Waals surface area contributed by atoms with Gasteiger partial charge in [-0.15, -0.1) is 0 Å². The quantitative estimate of drug-likeness (QED) is 0.809. The van der Waals surface area contributed by atoms with Crippen molar-refractivity contribution in [2.45, 2.75) is 19.8 Å². The number of anilines is 1. The third-order valence-corrected chi connectivity index (χ3v) is 5.13. The highest BCUT2D eigenvalue weighted by molar-refractivity contribution is 7.88. The van der Waals surface area contributed by atoms with Crippen LogP contribution in [0.15, 0.2) is 24.3 Å². The molecule has 1 aliphatic heterocycles. The van der Waals surface area contributed by atoms with Crippen LogP contribution in [0.4, 0.5) is 5.69 Å². The van der Waals surface area contributed by atoms with Crippen molar-refractivity contribution in [2.75, 3.05) is 31.3 Å². The zero-order valence-electron chi connectivity index (χ0n) is 13.8. The molecule has 1 aliphatic rings. The van der Waals surface area contributed by atoms with E-state index in [1.807, 2.05) is 0 Å². The first kappa shape index (κ1) is 18.4.